The molecule has 0 saturated carbocycles. The Morgan fingerprint density at radius 2 is 2.11 bits per heavy atom. The monoisotopic (exact) mass is 368 g/mol. The third kappa shape index (κ3) is 2.67. The molecule has 1 N–H and O–H groups in total. The lowest BCUT2D eigenvalue weighted by atomic mass is 10.1. The molecule has 1 saturated heterocycles. The van der Waals surface area contributed by atoms with Crippen molar-refractivity contribution in [3.63, 3.8) is 0 Å². The van der Waals surface area contributed by atoms with E-state index in [2.05, 4.69) is 15.2 Å². The van der Waals surface area contributed by atoms with Crippen LogP contribution in [-0.2, 0) is 6.54 Å². The Bertz CT molecular complexity index is 1090. The van der Waals surface area contributed by atoms with Crippen LogP contribution in [0.1, 0.15) is 58.8 Å². The van der Waals surface area contributed by atoms with Crippen LogP contribution in [0.25, 0.3) is 5.65 Å². The van der Waals surface area contributed by atoms with Gasteiger partial charge in [0.2, 0.25) is 0 Å². The maximum absolute atomic E-state index is 13.1. The fourth-order valence-corrected chi connectivity index (χ4v) is 3.87. The van der Waals surface area contributed by atoms with E-state index in [9.17, 15) is 9.59 Å². The van der Waals surface area contributed by atoms with Gasteiger partial charge in [-0.2, -0.15) is 5.10 Å². The van der Waals surface area contributed by atoms with Gasteiger partial charge >= 0.3 is 0 Å². The quantitative estimate of drug-likeness (QED) is 0.767. The molecule has 142 valence electrons. The van der Waals surface area contributed by atoms with Crippen LogP contribution in [0, 0.1) is 20.8 Å². The van der Waals surface area contributed by atoms with E-state index in [4.69, 9.17) is 0 Å². The number of nitrogens with zero attached hydrogens (tertiary/aromatic N) is 5. The molecular weight excluding hydrogens is 344 g/mol. The molecule has 1 amide bonds. The number of aromatic amines is 1. The Balaban J connectivity index is 1.72. The number of nitrogens with one attached hydrogen (secondary N) is 1. The fourth-order valence-electron chi connectivity index (χ4n) is 3.87. The van der Waals surface area contributed by atoms with Crippen LogP contribution in [0.5, 0.6) is 0 Å². The van der Waals surface area contributed by atoms with E-state index in [-0.39, 0.29) is 17.5 Å². The van der Waals surface area contributed by atoms with E-state index in [1.54, 1.807) is 13.1 Å². The topological polar surface area (TPSA) is 88.3 Å². The van der Waals surface area contributed by atoms with Gasteiger partial charge in [0, 0.05) is 36.1 Å². The van der Waals surface area contributed by atoms with Gasteiger partial charge in [-0.25, -0.2) is 9.50 Å². The summed E-state index contributed by atoms with van der Waals surface area (Å²) in [6, 6.07) is 1.79. The first-order chi connectivity index (χ1) is 12.9. The van der Waals surface area contributed by atoms with Crippen LogP contribution in [-0.4, -0.2) is 41.7 Å². The summed E-state index contributed by atoms with van der Waals surface area (Å²) >= 11 is 0. The van der Waals surface area contributed by atoms with E-state index in [0.29, 0.717) is 23.3 Å². The third-order valence-corrected chi connectivity index (χ3v) is 5.61. The van der Waals surface area contributed by atoms with E-state index in [0.717, 1.165) is 36.5 Å². The minimum absolute atomic E-state index is 0.0129. The van der Waals surface area contributed by atoms with Crippen molar-refractivity contribution in [2.24, 2.45) is 0 Å². The van der Waals surface area contributed by atoms with Crippen molar-refractivity contribution in [1.82, 2.24) is 29.3 Å². The molecule has 4 heterocycles. The van der Waals surface area contributed by atoms with Gasteiger partial charge in [0.25, 0.3) is 11.5 Å². The van der Waals surface area contributed by atoms with Crippen molar-refractivity contribution < 1.29 is 4.79 Å². The summed E-state index contributed by atoms with van der Waals surface area (Å²) in [5.74, 6) is -0.0129. The zero-order chi connectivity index (χ0) is 19.3. The molecule has 27 heavy (non-hydrogen) atoms. The fraction of sp³-hybridized carbons (Fsp3) is 0.474. The highest BCUT2D eigenvalue weighted by Gasteiger charge is 2.33. The molecule has 4 rings (SSSR count). The Morgan fingerprint density at radius 3 is 2.81 bits per heavy atom. The van der Waals surface area contributed by atoms with Crippen molar-refractivity contribution in [3.8, 4) is 0 Å². The molecule has 0 spiro atoms. The van der Waals surface area contributed by atoms with Crippen LogP contribution >= 0.6 is 0 Å². The average molecular weight is 368 g/mol. The number of hydrogen-bond acceptors (Lipinski definition) is 4. The lowest BCUT2D eigenvalue weighted by Crippen LogP contribution is -2.31. The van der Waals surface area contributed by atoms with E-state index in [1.165, 1.54) is 4.52 Å². The van der Waals surface area contributed by atoms with Gasteiger partial charge in [-0.15, -0.1) is 0 Å². The van der Waals surface area contributed by atoms with Crippen molar-refractivity contribution in [1.29, 1.82) is 0 Å². The third-order valence-electron chi connectivity index (χ3n) is 5.61. The minimum atomic E-state index is -0.0975. The molecular formula is C19H24N6O2. The molecule has 3 aromatic heterocycles. The van der Waals surface area contributed by atoms with Crippen LogP contribution < -0.4 is 5.56 Å². The van der Waals surface area contributed by atoms with Gasteiger partial charge in [-0.3, -0.25) is 19.4 Å². The van der Waals surface area contributed by atoms with Crippen LogP contribution in [0.15, 0.2) is 17.1 Å². The first kappa shape index (κ1) is 17.5. The number of likely N-dealkylation sites (tertiary alicyclic amines) is 1. The number of hydrogen-bond donors (Lipinski definition) is 1. The SMILES string of the molecule is CCn1ncc(C(=O)N2CCC[C@@H]2c2cc3nc(C)c(C)c(=O)n3[nH]2)c1C. The van der Waals surface area contributed by atoms with Gasteiger partial charge in [0.05, 0.1) is 23.5 Å². The van der Waals surface area contributed by atoms with E-state index in [1.807, 2.05) is 36.4 Å². The van der Waals surface area contributed by atoms with E-state index >= 15 is 0 Å². The van der Waals surface area contributed by atoms with Crippen molar-refractivity contribution in [2.75, 3.05) is 6.54 Å². The van der Waals surface area contributed by atoms with Crippen molar-refractivity contribution >= 4 is 11.6 Å². The largest absolute Gasteiger partial charge is 0.330 e. The first-order valence-corrected chi connectivity index (χ1v) is 9.34. The smallest absolute Gasteiger partial charge is 0.275 e. The maximum Gasteiger partial charge on any atom is 0.275 e. The molecule has 3 aromatic rings. The molecule has 1 atom stereocenters. The van der Waals surface area contributed by atoms with Crippen molar-refractivity contribution in [2.45, 2.75) is 53.1 Å². The summed E-state index contributed by atoms with van der Waals surface area (Å²) in [6.45, 7) is 8.97. The van der Waals surface area contributed by atoms with Crippen LogP contribution in [0.4, 0.5) is 0 Å². The molecule has 8 heteroatoms. The zero-order valence-corrected chi connectivity index (χ0v) is 16.1. The van der Waals surface area contributed by atoms with Gasteiger partial charge in [-0.1, -0.05) is 0 Å². The summed E-state index contributed by atoms with van der Waals surface area (Å²) < 4.78 is 3.30. The Morgan fingerprint density at radius 1 is 1.33 bits per heavy atom. The predicted molar refractivity (Wildman–Crippen MR) is 101 cm³/mol. The highest BCUT2D eigenvalue weighted by atomic mass is 16.2. The number of amides is 1. The standard InChI is InChI=1S/C19H24N6O2/c1-5-24-13(4)14(10-20-24)19(27)23-8-6-7-16(23)15-9-17-21-12(3)11(2)18(26)25(17)22-15/h9-10,16,22H,5-8H2,1-4H3/t16-/m1/s1. The Labute approximate surface area is 156 Å². The molecule has 0 unspecified atom stereocenters. The van der Waals surface area contributed by atoms with Crippen LogP contribution in [0.3, 0.4) is 0 Å². The number of rotatable bonds is 3. The van der Waals surface area contributed by atoms with Gasteiger partial charge < -0.3 is 4.90 Å². The molecule has 0 aliphatic carbocycles. The number of H-pyrrole nitrogens is 1. The summed E-state index contributed by atoms with van der Waals surface area (Å²) in [5.41, 5.74) is 4.22. The van der Waals surface area contributed by atoms with Gasteiger partial charge in [0.1, 0.15) is 0 Å². The number of carbonyl (C=O) groups is 1. The predicted octanol–water partition coefficient (Wildman–Crippen LogP) is 2.14. The van der Waals surface area contributed by atoms with Crippen LogP contribution in [0.2, 0.25) is 0 Å². The lowest BCUT2D eigenvalue weighted by molar-refractivity contribution is 0.0732. The second-order valence-corrected chi connectivity index (χ2v) is 7.15. The number of aryl methyl sites for hydroxylation is 2. The summed E-state index contributed by atoms with van der Waals surface area (Å²) in [7, 11) is 0. The number of fused-ring (bicyclic) bond motifs is 1. The Kier molecular flexibility index (Phi) is 4.13. The zero-order valence-electron chi connectivity index (χ0n) is 16.1. The number of aromatic nitrogens is 5. The number of carbonyl (C=O) groups excluding carboxylic acids is 1. The Hall–Kier alpha value is -2.90. The molecule has 0 aromatic carbocycles. The summed E-state index contributed by atoms with van der Waals surface area (Å²) in [5, 5.41) is 7.46. The molecule has 1 aliphatic heterocycles. The summed E-state index contributed by atoms with van der Waals surface area (Å²) in [4.78, 5) is 32.0. The normalized spacial score (nSPS) is 17.2. The molecule has 1 fully saturated rings. The highest BCUT2D eigenvalue weighted by Crippen LogP contribution is 2.33. The van der Waals surface area contributed by atoms with E-state index < -0.39 is 0 Å². The van der Waals surface area contributed by atoms with Crippen molar-refractivity contribution in [3.05, 3.63) is 50.8 Å². The molecule has 0 bridgehead atoms. The second-order valence-electron chi connectivity index (χ2n) is 7.15. The minimum Gasteiger partial charge on any atom is -0.330 e. The first-order valence-electron chi connectivity index (χ1n) is 9.34. The lowest BCUT2D eigenvalue weighted by Gasteiger charge is -2.23. The van der Waals surface area contributed by atoms with Gasteiger partial charge in [0.15, 0.2) is 5.65 Å². The molecule has 8 nitrogen and oxygen atoms in total. The highest BCUT2D eigenvalue weighted by molar-refractivity contribution is 5.95. The average Bonchev–Trinajstić information content (AvgIpc) is 3.36. The molecule has 1 aliphatic rings. The second kappa shape index (κ2) is 6.37. The summed E-state index contributed by atoms with van der Waals surface area (Å²) in [6.07, 6.45) is 3.43. The maximum atomic E-state index is 13.1. The van der Waals surface area contributed by atoms with Gasteiger partial charge in [-0.05, 0) is 40.5 Å². The molecule has 0 radical (unpaired) electrons.